The molecule has 1 aliphatic rings. The SMILES string of the molecule is CC(=O)C1CCC(Oc2ccc(N)cc2)CC1. The van der Waals surface area contributed by atoms with Crippen LogP contribution in [0.3, 0.4) is 0 Å². The van der Waals surface area contributed by atoms with E-state index in [4.69, 9.17) is 10.5 Å². The van der Waals surface area contributed by atoms with Crippen LogP contribution in [0, 0.1) is 5.92 Å². The number of nitrogens with two attached hydrogens (primary N) is 1. The Bertz CT molecular complexity index is 378. The minimum atomic E-state index is 0.245. The first-order chi connectivity index (χ1) is 8.15. The largest absolute Gasteiger partial charge is 0.490 e. The van der Waals surface area contributed by atoms with E-state index < -0.39 is 0 Å². The van der Waals surface area contributed by atoms with Gasteiger partial charge in [0.15, 0.2) is 0 Å². The number of ketones is 1. The number of ether oxygens (including phenoxy) is 1. The number of hydrogen-bond acceptors (Lipinski definition) is 3. The number of hydrogen-bond donors (Lipinski definition) is 1. The van der Waals surface area contributed by atoms with Gasteiger partial charge in [0.2, 0.25) is 0 Å². The highest BCUT2D eigenvalue weighted by molar-refractivity contribution is 5.78. The van der Waals surface area contributed by atoms with E-state index in [0.29, 0.717) is 5.78 Å². The summed E-state index contributed by atoms with van der Waals surface area (Å²) in [6.07, 6.45) is 4.09. The lowest BCUT2D eigenvalue weighted by Crippen LogP contribution is -2.26. The molecule has 0 unspecified atom stereocenters. The first kappa shape index (κ1) is 12.0. The van der Waals surface area contributed by atoms with Gasteiger partial charge in [-0.1, -0.05) is 0 Å². The van der Waals surface area contributed by atoms with Crippen molar-refractivity contribution in [2.45, 2.75) is 38.7 Å². The molecule has 2 rings (SSSR count). The van der Waals surface area contributed by atoms with Crippen LogP contribution in [0.1, 0.15) is 32.6 Å². The Morgan fingerprint density at radius 3 is 2.29 bits per heavy atom. The van der Waals surface area contributed by atoms with Crippen molar-refractivity contribution >= 4 is 11.5 Å². The number of nitrogen functional groups attached to an aromatic ring is 1. The van der Waals surface area contributed by atoms with Gasteiger partial charge in [0.1, 0.15) is 11.5 Å². The summed E-state index contributed by atoms with van der Waals surface area (Å²) in [6, 6.07) is 7.48. The van der Waals surface area contributed by atoms with Gasteiger partial charge in [-0.3, -0.25) is 4.79 Å². The third-order valence-corrected chi connectivity index (χ3v) is 3.43. The molecule has 17 heavy (non-hydrogen) atoms. The van der Waals surface area contributed by atoms with E-state index in [-0.39, 0.29) is 12.0 Å². The molecular formula is C14H19NO2. The topological polar surface area (TPSA) is 52.3 Å². The Morgan fingerprint density at radius 1 is 1.18 bits per heavy atom. The summed E-state index contributed by atoms with van der Waals surface area (Å²) in [6.45, 7) is 1.69. The molecule has 1 aromatic carbocycles. The van der Waals surface area contributed by atoms with Crippen molar-refractivity contribution in [2.24, 2.45) is 5.92 Å². The van der Waals surface area contributed by atoms with Crippen LogP contribution in [0.2, 0.25) is 0 Å². The van der Waals surface area contributed by atoms with Gasteiger partial charge in [-0.05, 0) is 56.9 Å². The predicted octanol–water partition coefficient (Wildman–Crippen LogP) is 2.80. The van der Waals surface area contributed by atoms with E-state index in [1.807, 2.05) is 24.3 Å². The number of carbonyl (C=O) groups is 1. The van der Waals surface area contributed by atoms with Crippen molar-refractivity contribution in [2.75, 3.05) is 5.73 Å². The van der Waals surface area contributed by atoms with Crippen LogP contribution in [-0.4, -0.2) is 11.9 Å². The first-order valence-electron chi connectivity index (χ1n) is 6.18. The second kappa shape index (κ2) is 5.21. The van der Waals surface area contributed by atoms with Crippen LogP contribution < -0.4 is 10.5 Å². The molecular weight excluding hydrogens is 214 g/mol. The molecule has 0 bridgehead atoms. The number of rotatable bonds is 3. The van der Waals surface area contributed by atoms with Gasteiger partial charge in [-0.2, -0.15) is 0 Å². The summed E-state index contributed by atoms with van der Waals surface area (Å²) in [4.78, 5) is 11.2. The highest BCUT2D eigenvalue weighted by Crippen LogP contribution is 2.28. The van der Waals surface area contributed by atoms with Gasteiger partial charge < -0.3 is 10.5 Å². The third kappa shape index (κ3) is 3.22. The number of Topliss-reactive ketones (excluding diaryl/α,β-unsaturated/α-hetero) is 1. The van der Waals surface area contributed by atoms with Crippen LogP contribution in [0.15, 0.2) is 24.3 Å². The zero-order valence-electron chi connectivity index (χ0n) is 10.2. The highest BCUT2D eigenvalue weighted by Gasteiger charge is 2.24. The minimum absolute atomic E-state index is 0.245. The van der Waals surface area contributed by atoms with Crippen LogP contribution >= 0.6 is 0 Å². The number of carbonyl (C=O) groups excluding carboxylic acids is 1. The molecule has 0 heterocycles. The second-order valence-electron chi connectivity index (χ2n) is 4.77. The Kier molecular flexibility index (Phi) is 3.67. The molecule has 92 valence electrons. The molecule has 2 N–H and O–H groups in total. The lowest BCUT2D eigenvalue weighted by atomic mass is 9.85. The molecule has 1 fully saturated rings. The Balaban J connectivity index is 1.85. The van der Waals surface area contributed by atoms with E-state index in [1.165, 1.54) is 0 Å². The van der Waals surface area contributed by atoms with E-state index in [1.54, 1.807) is 6.92 Å². The Labute approximate surface area is 102 Å². The number of anilines is 1. The molecule has 0 saturated heterocycles. The van der Waals surface area contributed by atoms with Gasteiger partial charge in [-0.25, -0.2) is 0 Å². The van der Waals surface area contributed by atoms with Crippen molar-refractivity contribution in [3.8, 4) is 5.75 Å². The van der Waals surface area contributed by atoms with Gasteiger partial charge in [0.25, 0.3) is 0 Å². The van der Waals surface area contributed by atoms with E-state index >= 15 is 0 Å². The van der Waals surface area contributed by atoms with Crippen LogP contribution in [0.25, 0.3) is 0 Å². The fourth-order valence-corrected chi connectivity index (χ4v) is 2.33. The summed E-state index contributed by atoms with van der Waals surface area (Å²) >= 11 is 0. The van der Waals surface area contributed by atoms with Crippen molar-refractivity contribution in [3.05, 3.63) is 24.3 Å². The monoisotopic (exact) mass is 233 g/mol. The standard InChI is InChI=1S/C14H19NO2/c1-10(16)11-2-6-13(7-3-11)17-14-8-4-12(15)5-9-14/h4-5,8-9,11,13H,2-3,6-7,15H2,1H3. The summed E-state index contributed by atoms with van der Waals surface area (Å²) < 4.78 is 5.87. The van der Waals surface area contributed by atoms with E-state index in [9.17, 15) is 4.79 Å². The van der Waals surface area contributed by atoms with Crippen LogP contribution in [0.5, 0.6) is 5.75 Å². The van der Waals surface area contributed by atoms with Gasteiger partial charge in [-0.15, -0.1) is 0 Å². The van der Waals surface area contributed by atoms with Crippen molar-refractivity contribution < 1.29 is 9.53 Å². The molecule has 3 heteroatoms. The molecule has 0 aromatic heterocycles. The average Bonchev–Trinajstić information content (AvgIpc) is 2.33. The molecule has 1 saturated carbocycles. The van der Waals surface area contributed by atoms with Gasteiger partial charge in [0, 0.05) is 11.6 Å². The molecule has 0 atom stereocenters. The smallest absolute Gasteiger partial charge is 0.132 e. The number of benzene rings is 1. The minimum Gasteiger partial charge on any atom is -0.490 e. The van der Waals surface area contributed by atoms with Gasteiger partial charge >= 0.3 is 0 Å². The van der Waals surface area contributed by atoms with E-state index in [0.717, 1.165) is 37.1 Å². The molecule has 0 amide bonds. The summed E-state index contributed by atoms with van der Waals surface area (Å²) in [5.74, 6) is 1.43. The Hall–Kier alpha value is -1.51. The van der Waals surface area contributed by atoms with Crippen molar-refractivity contribution in [1.82, 2.24) is 0 Å². The molecule has 1 aliphatic carbocycles. The highest BCUT2D eigenvalue weighted by atomic mass is 16.5. The second-order valence-corrected chi connectivity index (χ2v) is 4.77. The fraction of sp³-hybridized carbons (Fsp3) is 0.500. The first-order valence-corrected chi connectivity index (χ1v) is 6.18. The predicted molar refractivity (Wildman–Crippen MR) is 67.9 cm³/mol. The zero-order chi connectivity index (χ0) is 12.3. The maximum absolute atomic E-state index is 11.2. The average molecular weight is 233 g/mol. The summed E-state index contributed by atoms with van der Waals surface area (Å²) in [7, 11) is 0. The molecule has 0 spiro atoms. The fourth-order valence-electron chi connectivity index (χ4n) is 2.33. The van der Waals surface area contributed by atoms with E-state index in [2.05, 4.69) is 0 Å². The zero-order valence-corrected chi connectivity index (χ0v) is 10.2. The van der Waals surface area contributed by atoms with Crippen LogP contribution in [0.4, 0.5) is 5.69 Å². The van der Waals surface area contributed by atoms with Gasteiger partial charge in [0.05, 0.1) is 6.10 Å². The molecule has 1 aromatic rings. The summed E-state index contributed by atoms with van der Waals surface area (Å²) in [5, 5.41) is 0. The third-order valence-electron chi connectivity index (χ3n) is 3.43. The lowest BCUT2D eigenvalue weighted by molar-refractivity contribution is -0.122. The normalized spacial score (nSPS) is 24.3. The van der Waals surface area contributed by atoms with Crippen LogP contribution in [-0.2, 0) is 4.79 Å². The quantitative estimate of drug-likeness (QED) is 0.817. The molecule has 0 radical (unpaired) electrons. The maximum atomic E-state index is 11.2. The molecule has 3 nitrogen and oxygen atoms in total. The van der Waals surface area contributed by atoms with Crippen molar-refractivity contribution in [1.29, 1.82) is 0 Å². The lowest BCUT2D eigenvalue weighted by Gasteiger charge is -2.27. The molecule has 0 aliphatic heterocycles. The maximum Gasteiger partial charge on any atom is 0.132 e. The van der Waals surface area contributed by atoms with Crippen molar-refractivity contribution in [3.63, 3.8) is 0 Å². The summed E-state index contributed by atoms with van der Waals surface area (Å²) in [5.41, 5.74) is 6.37. The Morgan fingerprint density at radius 2 is 1.76 bits per heavy atom.